The number of carbonyl (C=O) groups is 1. The first kappa shape index (κ1) is 15.7. The molecule has 3 aromatic rings. The van der Waals surface area contributed by atoms with Crippen molar-refractivity contribution in [3.05, 3.63) is 66.5 Å². The van der Waals surface area contributed by atoms with Crippen LogP contribution in [0.25, 0.3) is 5.82 Å². The largest absolute Gasteiger partial charge is 0.368 e. The molecular formula is C17H18N6O. The minimum Gasteiger partial charge on any atom is -0.368 e. The van der Waals surface area contributed by atoms with Gasteiger partial charge in [0.15, 0.2) is 0 Å². The molecule has 1 amide bonds. The van der Waals surface area contributed by atoms with Gasteiger partial charge < -0.3 is 15.2 Å². The van der Waals surface area contributed by atoms with Gasteiger partial charge in [0.2, 0.25) is 0 Å². The highest BCUT2D eigenvalue weighted by Crippen LogP contribution is 2.11. The summed E-state index contributed by atoms with van der Waals surface area (Å²) in [6.45, 7) is 2.89. The van der Waals surface area contributed by atoms with Crippen molar-refractivity contribution in [2.45, 2.75) is 6.92 Å². The number of nitrogens with one attached hydrogen (secondary N) is 2. The van der Waals surface area contributed by atoms with E-state index in [0.29, 0.717) is 24.5 Å². The highest BCUT2D eigenvalue weighted by atomic mass is 16.1. The number of hydrogen-bond acceptors (Lipinski definition) is 5. The molecule has 3 aromatic heterocycles. The molecule has 0 atom stereocenters. The summed E-state index contributed by atoms with van der Waals surface area (Å²) in [7, 11) is 0. The summed E-state index contributed by atoms with van der Waals surface area (Å²) >= 11 is 0. The number of carbonyl (C=O) groups excluding carboxylic acids is 1. The molecule has 0 fully saturated rings. The lowest BCUT2D eigenvalue weighted by atomic mass is 10.3. The summed E-state index contributed by atoms with van der Waals surface area (Å²) in [5.41, 5.74) is 0.547. The third-order valence-corrected chi connectivity index (χ3v) is 3.33. The van der Waals surface area contributed by atoms with E-state index >= 15 is 0 Å². The van der Waals surface area contributed by atoms with Crippen LogP contribution in [-0.2, 0) is 0 Å². The van der Waals surface area contributed by atoms with Crippen LogP contribution in [0.3, 0.4) is 0 Å². The van der Waals surface area contributed by atoms with Crippen LogP contribution in [0.1, 0.15) is 16.2 Å². The van der Waals surface area contributed by atoms with Gasteiger partial charge in [0.05, 0.1) is 5.56 Å². The quantitative estimate of drug-likeness (QED) is 0.676. The lowest BCUT2D eigenvalue weighted by Gasteiger charge is -2.10. The van der Waals surface area contributed by atoms with Gasteiger partial charge in [0, 0.05) is 43.9 Å². The third-order valence-electron chi connectivity index (χ3n) is 3.33. The third kappa shape index (κ3) is 3.95. The zero-order valence-electron chi connectivity index (χ0n) is 13.3. The monoisotopic (exact) mass is 322 g/mol. The standard InChI is InChI=1S/C17H18N6O/c1-13-21-15(11-16(22-13)23-9-2-3-10-23)19-7-8-20-17(24)14-5-4-6-18-12-14/h2-6,9-12H,7-8H2,1H3,(H,20,24)(H,19,21,22). The smallest absolute Gasteiger partial charge is 0.252 e. The Morgan fingerprint density at radius 3 is 2.75 bits per heavy atom. The highest BCUT2D eigenvalue weighted by molar-refractivity contribution is 5.93. The van der Waals surface area contributed by atoms with Gasteiger partial charge in [-0.3, -0.25) is 9.78 Å². The van der Waals surface area contributed by atoms with Gasteiger partial charge in [-0.05, 0) is 31.2 Å². The minimum absolute atomic E-state index is 0.142. The van der Waals surface area contributed by atoms with Gasteiger partial charge in [-0.25, -0.2) is 9.97 Å². The maximum atomic E-state index is 11.9. The summed E-state index contributed by atoms with van der Waals surface area (Å²) in [5, 5.41) is 6.04. The van der Waals surface area contributed by atoms with Gasteiger partial charge in [0.1, 0.15) is 17.5 Å². The predicted molar refractivity (Wildman–Crippen MR) is 91.2 cm³/mol. The Balaban J connectivity index is 1.54. The van der Waals surface area contributed by atoms with Crippen molar-refractivity contribution < 1.29 is 4.79 Å². The summed E-state index contributed by atoms with van der Waals surface area (Å²) < 4.78 is 1.92. The van der Waals surface area contributed by atoms with Crippen LogP contribution in [0.5, 0.6) is 0 Å². The van der Waals surface area contributed by atoms with Crippen LogP contribution in [0.15, 0.2) is 55.1 Å². The van der Waals surface area contributed by atoms with E-state index in [9.17, 15) is 4.79 Å². The van der Waals surface area contributed by atoms with Gasteiger partial charge in [-0.15, -0.1) is 0 Å². The number of nitrogens with zero attached hydrogens (tertiary/aromatic N) is 4. The van der Waals surface area contributed by atoms with Crippen LogP contribution in [-0.4, -0.2) is 38.5 Å². The molecule has 7 heteroatoms. The molecular weight excluding hydrogens is 304 g/mol. The molecule has 24 heavy (non-hydrogen) atoms. The average molecular weight is 322 g/mol. The van der Waals surface area contributed by atoms with E-state index in [1.54, 1.807) is 24.5 Å². The fourth-order valence-corrected chi connectivity index (χ4v) is 2.23. The first-order valence-electron chi connectivity index (χ1n) is 7.63. The molecule has 3 heterocycles. The molecule has 0 unspecified atom stereocenters. The maximum Gasteiger partial charge on any atom is 0.252 e. The first-order chi connectivity index (χ1) is 11.7. The summed E-state index contributed by atoms with van der Waals surface area (Å²) in [4.78, 5) is 24.6. The molecule has 122 valence electrons. The van der Waals surface area contributed by atoms with E-state index in [2.05, 4.69) is 25.6 Å². The number of rotatable bonds is 6. The van der Waals surface area contributed by atoms with Crippen molar-refractivity contribution in [1.29, 1.82) is 0 Å². The highest BCUT2D eigenvalue weighted by Gasteiger charge is 2.05. The average Bonchev–Trinajstić information content (AvgIpc) is 3.13. The molecule has 0 aliphatic carbocycles. The summed E-state index contributed by atoms with van der Waals surface area (Å²) in [6.07, 6.45) is 7.04. The second-order valence-electron chi connectivity index (χ2n) is 5.17. The second-order valence-corrected chi connectivity index (χ2v) is 5.17. The predicted octanol–water partition coefficient (Wildman–Crippen LogP) is 1.81. The molecule has 0 saturated heterocycles. The number of amides is 1. The number of aromatic nitrogens is 4. The van der Waals surface area contributed by atoms with E-state index in [1.165, 1.54) is 0 Å². The molecule has 0 aliphatic rings. The molecule has 3 rings (SSSR count). The number of aryl methyl sites for hydroxylation is 1. The zero-order chi connectivity index (χ0) is 16.8. The van der Waals surface area contributed by atoms with Crippen molar-refractivity contribution >= 4 is 11.7 Å². The lowest BCUT2D eigenvalue weighted by molar-refractivity contribution is 0.0955. The summed E-state index contributed by atoms with van der Waals surface area (Å²) in [6, 6.07) is 9.22. The Labute approximate surface area is 139 Å². The summed E-state index contributed by atoms with van der Waals surface area (Å²) in [5.74, 6) is 2.07. The van der Waals surface area contributed by atoms with Crippen molar-refractivity contribution in [3.8, 4) is 5.82 Å². The Morgan fingerprint density at radius 2 is 2.00 bits per heavy atom. The second kappa shape index (κ2) is 7.36. The lowest BCUT2D eigenvalue weighted by Crippen LogP contribution is -2.29. The van der Waals surface area contributed by atoms with E-state index in [0.717, 1.165) is 11.6 Å². The van der Waals surface area contributed by atoms with Crippen LogP contribution >= 0.6 is 0 Å². The zero-order valence-corrected chi connectivity index (χ0v) is 13.3. The van der Waals surface area contributed by atoms with Crippen molar-refractivity contribution in [1.82, 2.24) is 24.8 Å². The van der Waals surface area contributed by atoms with E-state index in [-0.39, 0.29) is 5.91 Å². The molecule has 0 spiro atoms. The van der Waals surface area contributed by atoms with E-state index in [4.69, 9.17) is 0 Å². The van der Waals surface area contributed by atoms with Gasteiger partial charge >= 0.3 is 0 Å². The van der Waals surface area contributed by atoms with E-state index < -0.39 is 0 Å². The minimum atomic E-state index is -0.142. The topological polar surface area (TPSA) is 84.7 Å². The Morgan fingerprint density at radius 1 is 1.17 bits per heavy atom. The number of hydrogen-bond donors (Lipinski definition) is 2. The Bertz CT molecular complexity index is 801. The number of pyridine rings is 1. The van der Waals surface area contributed by atoms with Gasteiger partial charge in [-0.1, -0.05) is 0 Å². The Hall–Kier alpha value is -3.22. The SMILES string of the molecule is Cc1nc(NCCNC(=O)c2cccnc2)cc(-n2cccc2)n1. The molecule has 0 saturated carbocycles. The maximum absolute atomic E-state index is 11.9. The van der Waals surface area contributed by atoms with Crippen molar-refractivity contribution in [2.75, 3.05) is 18.4 Å². The van der Waals surface area contributed by atoms with Crippen LogP contribution in [0, 0.1) is 6.92 Å². The molecule has 0 radical (unpaired) electrons. The fraction of sp³-hybridized carbons (Fsp3) is 0.176. The van der Waals surface area contributed by atoms with Crippen LogP contribution < -0.4 is 10.6 Å². The Kier molecular flexibility index (Phi) is 4.81. The first-order valence-corrected chi connectivity index (χ1v) is 7.63. The molecule has 0 bridgehead atoms. The van der Waals surface area contributed by atoms with Crippen LogP contribution in [0.2, 0.25) is 0 Å². The molecule has 2 N–H and O–H groups in total. The van der Waals surface area contributed by atoms with Gasteiger partial charge in [0.25, 0.3) is 5.91 Å². The molecule has 0 aromatic carbocycles. The van der Waals surface area contributed by atoms with E-state index in [1.807, 2.05) is 42.1 Å². The van der Waals surface area contributed by atoms with Gasteiger partial charge in [-0.2, -0.15) is 0 Å². The number of anilines is 1. The van der Waals surface area contributed by atoms with Crippen molar-refractivity contribution in [2.24, 2.45) is 0 Å². The fourth-order valence-electron chi connectivity index (χ4n) is 2.23. The molecule has 7 nitrogen and oxygen atoms in total. The normalized spacial score (nSPS) is 10.4. The van der Waals surface area contributed by atoms with Crippen LogP contribution in [0.4, 0.5) is 5.82 Å². The van der Waals surface area contributed by atoms with Crippen molar-refractivity contribution in [3.63, 3.8) is 0 Å². The molecule has 0 aliphatic heterocycles.